The number of benzene rings is 1. The van der Waals surface area contributed by atoms with E-state index in [9.17, 15) is 22.8 Å². The molecule has 2 fully saturated rings. The Kier molecular flexibility index (Phi) is 4.97. The molecular formula is C17H19F3N2O4. The summed E-state index contributed by atoms with van der Waals surface area (Å²) in [6.45, 7) is 1.24. The van der Waals surface area contributed by atoms with Crippen molar-refractivity contribution in [2.45, 2.75) is 19.2 Å². The maximum absolute atomic E-state index is 12.8. The van der Waals surface area contributed by atoms with Crippen LogP contribution < -0.4 is 9.47 Å². The standard InChI is InChI=1S/C17H19F3N2O4/c1-25-12-3-2-4-13(26-17(18,19)20)14(12)16(24)22-9-7-21(8-10-22)15(23)11-5-6-11/h2-4,11H,5-10H2,1H3. The van der Waals surface area contributed by atoms with E-state index in [2.05, 4.69) is 4.74 Å². The van der Waals surface area contributed by atoms with Crippen LogP contribution in [0.4, 0.5) is 13.2 Å². The number of alkyl halides is 3. The highest BCUT2D eigenvalue weighted by atomic mass is 19.4. The van der Waals surface area contributed by atoms with Crippen molar-refractivity contribution in [2.75, 3.05) is 33.3 Å². The van der Waals surface area contributed by atoms with Crippen LogP contribution in [0.3, 0.4) is 0 Å². The van der Waals surface area contributed by atoms with Gasteiger partial charge in [-0.2, -0.15) is 0 Å². The fourth-order valence-corrected chi connectivity index (χ4v) is 2.98. The number of ether oxygens (including phenoxy) is 2. The van der Waals surface area contributed by atoms with Gasteiger partial charge in [-0.25, -0.2) is 0 Å². The Labute approximate surface area is 148 Å². The van der Waals surface area contributed by atoms with E-state index in [1.807, 2.05) is 0 Å². The smallest absolute Gasteiger partial charge is 0.496 e. The molecule has 2 amide bonds. The van der Waals surface area contributed by atoms with E-state index in [-0.39, 0.29) is 36.2 Å². The Morgan fingerprint density at radius 1 is 1.04 bits per heavy atom. The van der Waals surface area contributed by atoms with Crippen molar-refractivity contribution >= 4 is 11.8 Å². The molecule has 3 rings (SSSR count). The number of rotatable bonds is 4. The van der Waals surface area contributed by atoms with Crippen LogP contribution in [0, 0.1) is 5.92 Å². The van der Waals surface area contributed by atoms with Crippen LogP contribution in [0.5, 0.6) is 11.5 Å². The van der Waals surface area contributed by atoms with Crippen LogP contribution in [-0.4, -0.2) is 61.3 Å². The van der Waals surface area contributed by atoms with Crippen LogP contribution >= 0.6 is 0 Å². The van der Waals surface area contributed by atoms with Crippen molar-refractivity contribution in [2.24, 2.45) is 5.92 Å². The van der Waals surface area contributed by atoms with Crippen LogP contribution in [0.1, 0.15) is 23.2 Å². The van der Waals surface area contributed by atoms with E-state index >= 15 is 0 Å². The maximum atomic E-state index is 12.8. The zero-order valence-corrected chi connectivity index (χ0v) is 14.2. The summed E-state index contributed by atoms with van der Waals surface area (Å²) >= 11 is 0. The van der Waals surface area contributed by atoms with Crippen molar-refractivity contribution in [3.05, 3.63) is 23.8 Å². The van der Waals surface area contributed by atoms with Gasteiger partial charge in [0.25, 0.3) is 5.91 Å². The number of carbonyl (C=O) groups is 2. The number of hydrogen-bond acceptors (Lipinski definition) is 4. The molecule has 142 valence electrons. The van der Waals surface area contributed by atoms with Gasteiger partial charge in [-0.15, -0.1) is 13.2 Å². The van der Waals surface area contributed by atoms with Gasteiger partial charge in [0.05, 0.1) is 7.11 Å². The summed E-state index contributed by atoms with van der Waals surface area (Å²) in [6.07, 6.45) is -3.12. The molecule has 0 bridgehead atoms. The normalized spacial score (nSPS) is 17.8. The molecule has 0 unspecified atom stereocenters. The molecule has 1 aliphatic heterocycles. The molecular weight excluding hydrogens is 353 g/mol. The molecule has 2 aliphatic rings. The molecule has 0 aromatic heterocycles. The van der Waals surface area contributed by atoms with Gasteiger partial charge in [0.2, 0.25) is 5.91 Å². The third kappa shape index (κ3) is 4.03. The van der Waals surface area contributed by atoms with Crippen LogP contribution in [0.25, 0.3) is 0 Å². The Balaban J connectivity index is 1.76. The van der Waals surface area contributed by atoms with E-state index in [1.165, 1.54) is 24.1 Å². The minimum atomic E-state index is -4.92. The average molecular weight is 372 g/mol. The number of methoxy groups -OCH3 is 1. The van der Waals surface area contributed by atoms with Crippen molar-refractivity contribution in [1.82, 2.24) is 9.80 Å². The van der Waals surface area contributed by atoms with Crippen LogP contribution in [0.2, 0.25) is 0 Å². The van der Waals surface area contributed by atoms with Crippen molar-refractivity contribution in [1.29, 1.82) is 0 Å². The molecule has 1 saturated carbocycles. The fraction of sp³-hybridized carbons (Fsp3) is 0.529. The zero-order valence-electron chi connectivity index (χ0n) is 14.2. The monoisotopic (exact) mass is 372 g/mol. The first-order valence-electron chi connectivity index (χ1n) is 8.31. The first-order chi connectivity index (χ1) is 12.3. The summed E-state index contributed by atoms with van der Waals surface area (Å²) in [5, 5.41) is 0. The lowest BCUT2D eigenvalue weighted by molar-refractivity contribution is -0.274. The summed E-state index contributed by atoms with van der Waals surface area (Å²) in [6, 6.07) is 3.81. The van der Waals surface area contributed by atoms with E-state index in [0.717, 1.165) is 18.9 Å². The summed E-state index contributed by atoms with van der Waals surface area (Å²) < 4.78 is 47.0. The van der Waals surface area contributed by atoms with Gasteiger partial charge >= 0.3 is 6.36 Å². The van der Waals surface area contributed by atoms with Gasteiger partial charge < -0.3 is 19.3 Å². The largest absolute Gasteiger partial charge is 0.573 e. The van der Waals surface area contributed by atoms with E-state index in [0.29, 0.717) is 13.1 Å². The number of halogens is 3. The number of piperazine rings is 1. The first-order valence-corrected chi connectivity index (χ1v) is 8.31. The minimum Gasteiger partial charge on any atom is -0.496 e. The minimum absolute atomic E-state index is 0.00763. The van der Waals surface area contributed by atoms with Crippen LogP contribution in [-0.2, 0) is 4.79 Å². The number of nitrogens with zero attached hydrogens (tertiary/aromatic N) is 2. The maximum Gasteiger partial charge on any atom is 0.573 e. The van der Waals surface area contributed by atoms with Crippen molar-refractivity contribution in [3.63, 3.8) is 0 Å². The lowest BCUT2D eigenvalue weighted by Gasteiger charge is -2.35. The third-order valence-electron chi connectivity index (χ3n) is 4.45. The van der Waals surface area contributed by atoms with Gasteiger partial charge in [0.1, 0.15) is 17.1 Å². The highest BCUT2D eigenvalue weighted by Gasteiger charge is 2.37. The van der Waals surface area contributed by atoms with Crippen molar-refractivity contribution in [3.8, 4) is 11.5 Å². The molecule has 0 radical (unpaired) electrons. The molecule has 1 saturated heterocycles. The van der Waals surface area contributed by atoms with Gasteiger partial charge in [-0.3, -0.25) is 9.59 Å². The second-order valence-corrected chi connectivity index (χ2v) is 6.27. The Morgan fingerprint density at radius 2 is 1.62 bits per heavy atom. The predicted octanol–water partition coefficient (Wildman–Crippen LogP) is 2.29. The molecule has 1 aliphatic carbocycles. The number of amides is 2. The highest BCUT2D eigenvalue weighted by Crippen LogP contribution is 2.34. The van der Waals surface area contributed by atoms with E-state index < -0.39 is 18.0 Å². The predicted molar refractivity (Wildman–Crippen MR) is 84.9 cm³/mol. The Bertz CT molecular complexity index is 696. The van der Waals surface area contributed by atoms with Gasteiger partial charge in [-0.05, 0) is 25.0 Å². The first kappa shape index (κ1) is 18.3. The second kappa shape index (κ2) is 7.05. The van der Waals surface area contributed by atoms with Gasteiger partial charge in [0.15, 0.2) is 0 Å². The SMILES string of the molecule is COc1cccc(OC(F)(F)F)c1C(=O)N1CCN(C(=O)C2CC2)CC1. The highest BCUT2D eigenvalue weighted by molar-refractivity contribution is 6.00. The molecule has 1 aromatic rings. The average Bonchev–Trinajstić information content (AvgIpc) is 3.44. The molecule has 6 nitrogen and oxygen atoms in total. The number of hydrogen-bond donors (Lipinski definition) is 0. The topological polar surface area (TPSA) is 59.1 Å². The summed E-state index contributed by atoms with van der Waals surface area (Å²) in [4.78, 5) is 28.0. The molecule has 0 N–H and O–H groups in total. The second-order valence-electron chi connectivity index (χ2n) is 6.27. The summed E-state index contributed by atoms with van der Waals surface area (Å²) in [5.41, 5.74) is -0.269. The van der Waals surface area contributed by atoms with E-state index in [1.54, 1.807) is 4.90 Å². The fourth-order valence-electron chi connectivity index (χ4n) is 2.98. The van der Waals surface area contributed by atoms with E-state index in [4.69, 9.17) is 4.74 Å². The molecule has 1 heterocycles. The van der Waals surface area contributed by atoms with Gasteiger partial charge in [-0.1, -0.05) is 6.07 Å². The summed E-state index contributed by atoms with van der Waals surface area (Å²) in [7, 11) is 1.27. The molecule has 9 heteroatoms. The molecule has 0 spiro atoms. The van der Waals surface area contributed by atoms with Crippen molar-refractivity contribution < 1.29 is 32.2 Å². The lowest BCUT2D eigenvalue weighted by Crippen LogP contribution is -2.51. The van der Waals surface area contributed by atoms with Gasteiger partial charge in [0, 0.05) is 32.1 Å². The van der Waals surface area contributed by atoms with Crippen LogP contribution in [0.15, 0.2) is 18.2 Å². The molecule has 0 atom stereocenters. The lowest BCUT2D eigenvalue weighted by atomic mass is 10.1. The number of carbonyl (C=O) groups excluding carboxylic acids is 2. The Hall–Kier alpha value is -2.45. The quantitative estimate of drug-likeness (QED) is 0.814. The molecule has 26 heavy (non-hydrogen) atoms. The Morgan fingerprint density at radius 3 is 2.15 bits per heavy atom. The summed E-state index contributed by atoms with van der Waals surface area (Å²) in [5.74, 6) is -1.01. The third-order valence-corrected chi connectivity index (χ3v) is 4.45. The zero-order chi connectivity index (χ0) is 18.9. The molecule has 1 aromatic carbocycles.